The lowest BCUT2D eigenvalue weighted by Gasteiger charge is -2.26. The predicted octanol–water partition coefficient (Wildman–Crippen LogP) is 3.33. The van der Waals surface area contributed by atoms with Crippen LogP contribution in [0.1, 0.15) is 34.5 Å². The lowest BCUT2D eigenvalue weighted by Crippen LogP contribution is -2.30. The van der Waals surface area contributed by atoms with Gasteiger partial charge in [0.1, 0.15) is 0 Å². The predicted molar refractivity (Wildman–Crippen MR) is 108 cm³/mol. The molecule has 0 atom stereocenters. The van der Waals surface area contributed by atoms with Gasteiger partial charge in [-0.15, -0.1) is 0 Å². The molecule has 3 aromatic rings. The summed E-state index contributed by atoms with van der Waals surface area (Å²) in [5.74, 6) is 0.589. The standard InChI is InChI=1S/C22H23N5O/c1-17-20(16-25-27(17)22-23-11-5-12-24-22)21(28)10-15-26-13-8-19(9-14-26)18-6-3-2-4-7-18/h2-8,11-12,16H,9-10,13-15H2,1H3. The SMILES string of the molecule is Cc1c(C(=O)CCN2CC=C(c3ccccc3)CC2)cnn1-c1ncccn1. The van der Waals surface area contributed by atoms with Crippen molar-refractivity contribution in [1.29, 1.82) is 0 Å². The minimum absolute atomic E-state index is 0.109. The van der Waals surface area contributed by atoms with Crippen LogP contribution >= 0.6 is 0 Å². The molecule has 1 aromatic carbocycles. The fourth-order valence-corrected chi connectivity index (χ4v) is 3.51. The van der Waals surface area contributed by atoms with Crippen LogP contribution in [0, 0.1) is 6.92 Å². The van der Waals surface area contributed by atoms with Crippen molar-refractivity contribution in [3.8, 4) is 5.95 Å². The van der Waals surface area contributed by atoms with Gasteiger partial charge in [-0.2, -0.15) is 5.10 Å². The van der Waals surface area contributed by atoms with Crippen LogP contribution in [-0.4, -0.2) is 50.1 Å². The Kier molecular flexibility index (Phi) is 5.39. The topological polar surface area (TPSA) is 63.9 Å². The summed E-state index contributed by atoms with van der Waals surface area (Å²) in [6.45, 7) is 4.49. The van der Waals surface area contributed by atoms with Gasteiger partial charge in [0.2, 0.25) is 0 Å². The number of carbonyl (C=O) groups excluding carboxylic acids is 1. The van der Waals surface area contributed by atoms with Crippen LogP contribution < -0.4 is 0 Å². The van der Waals surface area contributed by atoms with Crippen LogP contribution in [0.2, 0.25) is 0 Å². The number of rotatable bonds is 6. The molecule has 0 saturated carbocycles. The van der Waals surface area contributed by atoms with Crippen molar-refractivity contribution in [2.75, 3.05) is 19.6 Å². The molecule has 6 nitrogen and oxygen atoms in total. The number of carbonyl (C=O) groups is 1. The minimum Gasteiger partial charge on any atom is -0.299 e. The summed E-state index contributed by atoms with van der Waals surface area (Å²) in [6.07, 6.45) is 8.73. The average Bonchev–Trinajstić information content (AvgIpc) is 3.15. The quantitative estimate of drug-likeness (QED) is 0.620. The van der Waals surface area contributed by atoms with E-state index in [4.69, 9.17) is 0 Å². The third-order valence-corrected chi connectivity index (χ3v) is 5.14. The van der Waals surface area contributed by atoms with Crippen LogP contribution in [0.25, 0.3) is 11.5 Å². The Labute approximate surface area is 164 Å². The molecule has 28 heavy (non-hydrogen) atoms. The molecule has 142 valence electrons. The number of benzene rings is 1. The molecule has 3 heterocycles. The summed E-state index contributed by atoms with van der Waals surface area (Å²) in [7, 11) is 0. The first-order valence-corrected chi connectivity index (χ1v) is 9.54. The van der Waals surface area contributed by atoms with Crippen LogP contribution in [0.3, 0.4) is 0 Å². The molecular formula is C22H23N5O. The Hall–Kier alpha value is -3.12. The molecular weight excluding hydrogens is 350 g/mol. The third kappa shape index (κ3) is 3.92. The molecule has 0 bridgehead atoms. The lowest BCUT2D eigenvalue weighted by atomic mass is 9.99. The van der Waals surface area contributed by atoms with Gasteiger partial charge in [0.25, 0.3) is 5.95 Å². The fraction of sp³-hybridized carbons (Fsp3) is 0.273. The summed E-state index contributed by atoms with van der Waals surface area (Å²) >= 11 is 0. The number of hydrogen-bond acceptors (Lipinski definition) is 5. The Bertz CT molecular complexity index is 979. The maximum atomic E-state index is 12.7. The molecule has 1 aliphatic heterocycles. The van der Waals surface area contributed by atoms with E-state index >= 15 is 0 Å². The van der Waals surface area contributed by atoms with Crippen molar-refractivity contribution >= 4 is 11.4 Å². The van der Waals surface area contributed by atoms with Crippen molar-refractivity contribution < 1.29 is 4.79 Å². The molecule has 0 aliphatic carbocycles. The number of hydrogen-bond donors (Lipinski definition) is 0. The number of nitrogens with zero attached hydrogens (tertiary/aromatic N) is 5. The Morgan fingerprint density at radius 1 is 1.11 bits per heavy atom. The van der Waals surface area contributed by atoms with E-state index in [0.717, 1.165) is 31.7 Å². The fourth-order valence-electron chi connectivity index (χ4n) is 3.51. The molecule has 4 rings (SSSR count). The van der Waals surface area contributed by atoms with E-state index in [9.17, 15) is 4.79 Å². The first kappa shape index (κ1) is 18.3. The Morgan fingerprint density at radius 3 is 2.61 bits per heavy atom. The molecule has 0 radical (unpaired) electrons. The third-order valence-electron chi connectivity index (χ3n) is 5.14. The van der Waals surface area contributed by atoms with E-state index in [1.165, 1.54) is 11.1 Å². The second kappa shape index (κ2) is 8.27. The number of Topliss-reactive ketones (excluding diaryl/α,β-unsaturated/α-hetero) is 1. The van der Waals surface area contributed by atoms with Gasteiger partial charge in [-0.25, -0.2) is 14.6 Å². The summed E-state index contributed by atoms with van der Waals surface area (Å²) < 4.78 is 1.61. The first-order chi connectivity index (χ1) is 13.7. The molecule has 0 spiro atoms. The lowest BCUT2D eigenvalue weighted by molar-refractivity contribution is 0.0966. The molecule has 6 heteroatoms. The highest BCUT2D eigenvalue weighted by atomic mass is 16.1. The van der Waals surface area contributed by atoms with E-state index in [1.807, 2.05) is 13.0 Å². The van der Waals surface area contributed by atoms with Crippen molar-refractivity contribution in [1.82, 2.24) is 24.6 Å². The van der Waals surface area contributed by atoms with Crippen molar-refractivity contribution in [2.45, 2.75) is 19.8 Å². The van der Waals surface area contributed by atoms with E-state index in [1.54, 1.807) is 29.3 Å². The summed E-state index contributed by atoms with van der Waals surface area (Å²) in [5, 5.41) is 4.29. The summed E-state index contributed by atoms with van der Waals surface area (Å²) in [6, 6.07) is 12.3. The number of ketones is 1. The number of aromatic nitrogens is 4. The minimum atomic E-state index is 0.109. The zero-order valence-electron chi connectivity index (χ0n) is 16.0. The van der Waals surface area contributed by atoms with Crippen molar-refractivity contribution in [3.05, 3.63) is 77.9 Å². The Balaban J connectivity index is 1.36. The van der Waals surface area contributed by atoms with E-state index in [-0.39, 0.29) is 5.78 Å². The molecule has 0 unspecified atom stereocenters. The molecule has 0 saturated heterocycles. The molecule has 2 aromatic heterocycles. The van der Waals surface area contributed by atoms with Gasteiger partial charge in [-0.3, -0.25) is 9.69 Å². The zero-order valence-corrected chi connectivity index (χ0v) is 16.0. The van der Waals surface area contributed by atoms with E-state index in [0.29, 0.717) is 17.9 Å². The normalized spacial score (nSPS) is 14.7. The highest BCUT2D eigenvalue weighted by Gasteiger charge is 2.18. The van der Waals surface area contributed by atoms with Gasteiger partial charge in [0.15, 0.2) is 5.78 Å². The molecule has 0 fully saturated rings. The average molecular weight is 373 g/mol. The van der Waals surface area contributed by atoms with Gasteiger partial charge >= 0.3 is 0 Å². The van der Waals surface area contributed by atoms with Gasteiger partial charge in [0, 0.05) is 38.4 Å². The van der Waals surface area contributed by atoms with Crippen molar-refractivity contribution in [2.24, 2.45) is 0 Å². The first-order valence-electron chi connectivity index (χ1n) is 9.54. The summed E-state index contributed by atoms with van der Waals surface area (Å²) in [4.78, 5) is 23.4. The van der Waals surface area contributed by atoms with Gasteiger partial charge < -0.3 is 0 Å². The van der Waals surface area contributed by atoms with Gasteiger partial charge in [-0.05, 0) is 30.5 Å². The van der Waals surface area contributed by atoms with E-state index < -0.39 is 0 Å². The van der Waals surface area contributed by atoms with Crippen LogP contribution in [-0.2, 0) is 0 Å². The van der Waals surface area contributed by atoms with Gasteiger partial charge in [0.05, 0.1) is 17.5 Å². The second-order valence-corrected chi connectivity index (χ2v) is 6.92. The van der Waals surface area contributed by atoms with Crippen LogP contribution in [0.4, 0.5) is 0 Å². The van der Waals surface area contributed by atoms with Crippen molar-refractivity contribution in [3.63, 3.8) is 0 Å². The highest BCUT2D eigenvalue weighted by molar-refractivity contribution is 5.97. The second-order valence-electron chi connectivity index (χ2n) is 6.92. The van der Waals surface area contributed by atoms with Gasteiger partial charge in [-0.1, -0.05) is 36.4 Å². The maximum Gasteiger partial charge on any atom is 0.250 e. The molecule has 0 N–H and O–H groups in total. The monoisotopic (exact) mass is 373 g/mol. The zero-order chi connectivity index (χ0) is 19.3. The van der Waals surface area contributed by atoms with Crippen LogP contribution in [0.5, 0.6) is 0 Å². The molecule has 0 amide bonds. The highest BCUT2D eigenvalue weighted by Crippen LogP contribution is 2.22. The van der Waals surface area contributed by atoms with E-state index in [2.05, 4.69) is 50.3 Å². The smallest absolute Gasteiger partial charge is 0.250 e. The Morgan fingerprint density at radius 2 is 1.89 bits per heavy atom. The van der Waals surface area contributed by atoms with Crippen LogP contribution in [0.15, 0.2) is 61.1 Å². The summed E-state index contributed by atoms with van der Waals surface area (Å²) in [5.41, 5.74) is 4.11. The molecule has 1 aliphatic rings. The largest absolute Gasteiger partial charge is 0.299 e. The maximum absolute atomic E-state index is 12.7.